The van der Waals surface area contributed by atoms with Crippen molar-refractivity contribution in [2.45, 2.75) is 52.5 Å². The molecule has 31 heavy (non-hydrogen) atoms. The average Bonchev–Trinajstić information content (AvgIpc) is 2.70. The minimum atomic E-state index is -3.63. The number of ether oxygens (including phenoxy) is 1. The molecule has 2 aromatic carbocycles. The summed E-state index contributed by atoms with van der Waals surface area (Å²) >= 11 is 0. The van der Waals surface area contributed by atoms with Crippen LogP contribution in [0.25, 0.3) is 0 Å². The Kier molecular flexibility index (Phi) is 8.12. The van der Waals surface area contributed by atoms with Crippen molar-refractivity contribution in [3.8, 4) is 5.75 Å². The van der Waals surface area contributed by atoms with Crippen molar-refractivity contribution in [3.63, 3.8) is 0 Å². The second-order valence-corrected chi connectivity index (χ2v) is 10.5. The summed E-state index contributed by atoms with van der Waals surface area (Å²) in [5.41, 5.74) is 2.86. The first-order valence-corrected chi connectivity index (χ1v) is 12.4. The summed E-state index contributed by atoms with van der Waals surface area (Å²) in [7, 11) is -3.63. The number of hydrogen-bond donors (Lipinski definition) is 1. The average molecular weight is 447 g/mol. The van der Waals surface area contributed by atoms with Crippen molar-refractivity contribution in [2.24, 2.45) is 0 Å². The molecule has 0 aliphatic heterocycles. The maximum atomic E-state index is 12.6. The van der Waals surface area contributed by atoms with Gasteiger partial charge in [0.1, 0.15) is 18.4 Å². The van der Waals surface area contributed by atoms with Crippen molar-refractivity contribution in [2.75, 3.05) is 23.7 Å². The summed E-state index contributed by atoms with van der Waals surface area (Å²) in [6.07, 6.45) is 1.96. The van der Waals surface area contributed by atoms with Crippen molar-refractivity contribution >= 4 is 21.6 Å². The highest BCUT2D eigenvalue weighted by Gasteiger charge is 2.28. The van der Waals surface area contributed by atoms with E-state index in [4.69, 9.17) is 4.74 Å². The van der Waals surface area contributed by atoms with Crippen LogP contribution in [-0.4, -0.2) is 39.8 Å². The molecule has 0 aliphatic carbocycles. The molecular formula is C24H34N2O4S. The van der Waals surface area contributed by atoms with E-state index in [1.165, 1.54) is 5.56 Å². The number of sulfonamides is 1. The Morgan fingerprint density at radius 1 is 1.06 bits per heavy atom. The number of benzene rings is 2. The van der Waals surface area contributed by atoms with Gasteiger partial charge in [-0.2, -0.15) is 0 Å². The topological polar surface area (TPSA) is 75.7 Å². The van der Waals surface area contributed by atoms with Crippen LogP contribution in [0.2, 0.25) is 0 Å². The van der Waals surface area contributed by atoms with Crippen LogP contribution in [0.4, 0.5) is 5.69 Å². The second-order valence-electron chi connectivity index (χ2n) is 8.67. The SMILES string of the molecule is CCc1ccc(N(C(C)C(=O)NCCOc2ccc(C(C)(C)C)cc2)S(C)(=O)=O)cc1. The maximum absolute atomic E-state index is 12.6. The van der Waals surface area contributed by atoms with E-state index in [1.54, 1.807) is 19.1 Å². The van der Waals surface area contributed by atoms with Gasteiger partial charge in [0.15, 0.2) is 0 Å². The van der Waals surface area contributed by atoms with Gasteiger partial charge in [0.05, 0.1) is 18.5 Å². The van der Waals surface area contributed by atoms with Crippen LogP contribution in [0, 0.1) is 0 Å². The molecule has 0 spiro atoms. The molecule has 0 aliphatic rings. The standard InChI is InChI=1S/C24H34N2O4S/c1-7-19-8-12-21(13-9-19)26(31(6,28)29)18(2)23(27)25-16-17-30-22-14-10-20(11-15-22)24(3,4)5/h8-15,18H,7,16-17H2,1-6H3,(H,25,27). The van der Waals surface area contributed by atoms with Gasteiger partial charge in [-0.1, -0.05) is 52.0 Å². The molecule has 1 atom stereocenters. The zero-order valence-corrected chi connectivity index (χ0v) is 20.1. The Balaban J connectivity index is 1.94. The van der Waals surface area contributed by atoms with Gasteiger partial charge in [0, 0.05) is 0 Å². The summed E-state index contributed by atoms with van der Waals surface area (Å²) in [5.74, 6) is 0.348. The van der Waals surface area contributed by atoms with E-state index >= 15 is 0 Å². The molecular weight excluding hydrogens is 412 g/mol. The van der Waals surface area contributed by atoms with Crippen molar-refractivity contribution in [1.29, 1.82) is 0 Å². The number of carbonyl (C=O) groups is 1. The van der Waals surface area contributed by atoms with Gasteiger partial charge >= 0.3 is 0 Å². The van der Waals surface area contributed by atoms with Gasteiger partial charge in [0.2, 0.25) is 15.9 Å². The number of nitrogens with zero attached hydrogens (tertiary/aromatic N) is 1. The lowest BCUT2D eigenvalue weighted by Crippen LogP contribution is -2.48. The molecule has 0 aromatic heterocycles. The number of amides is 1. The monoisotopic (exact) mass is 446 g/mol. The van der Waals surface area contributed by atoms with E-state index in [9.17, 15) is 13.2 Å². The molecule has 0 saturated heterocycles. The Bertz CT molecular complexity index is 962. The predicted molar refractivity (Wildman–Crippen MR) is 126 cm³/mol. The molecule has 0 fully saturated rings. The van der Waals surface area contributed by atoms with Gasteiger partial charge in [-0.05, 0) is 54.2 Å². The van der Waals surface area contributed by atoms with Crippen LogP contribution in [0.1, 0.15) is 45.7 Å². The molecule has 7 heteroatoms. The third-order valence-electron chi connectivity index (χ3n) is 5.08. The summed E-state index contributed by atoms with van der Waals surface area (Å²) < 4.78 is 31.6. The third kappa shape index (κ3) is 6.99. The molecule has 0 radical (unpaired) electrons. The molecule has 0 heterocycles. The third-order valence-corrected chi connectivity index (χ3v) is 6.32. The molecule has 0 bridgehead atoms. The van der Waals surface area contributed by atoms with Crippen molar-refractivity contribution in [1.82, 2.24) is 5.32 Å². The van der Waals surface area contributed by atoms with E-state index in [-0.39, 0.29) is 24.5 Å². The Morgan fingerprint density at radius 3 is 2.13 bits per heavy atom. The number of carbonyl (C=O) groups excluding carboxylic acids is 1. The molecule has 1 amide bonds. The van der Waals surface area contributed by atoms with E-state index in [2.05, 4.69) is 26.1 Å². The van der Waals surface area contributed by atoms with E-state index < -0.39 is 16.1 Å². The van der Waals surface area contributed by atoms with Gasteiger partial charge in [-0.3, -0.25) is 9.10 Å². The highest BCUT2D eigenvalue weighted by atomic mass is 32.2. The molecule has 170 valence electrons. The fourth-order valence-electron chi connectivity index (χ4n) is 3.23. The molecule has 1 N–H and O–H groups in total. The molecule has 6 nitrogen and oxygen atoms in total. The summed E-state index contributed by atoms with van der Waals surface area (Å²) in [5, 5.41) is 2.76. The molecule has 1 unspecified atom stereocenters. The highest BCUT2D eigenvalue weighted by Crippen LogP contribution is 2.24. The lowest BCUT2D eigenvalue weighted by atomic mass is 9.87. The normalized spacial score (nSPS) is 12.8. The van der Waals surface area contributed by atoms with Crippen LogP contribution in [0.15, 0.2) is 48.5 Å². The van der Waals surface area contributed by atoms with Gasteiger partial charge in [0.25, 0.3) is 0 Å². The van der Waals surface area contributed by atoms with Gasteiger partial charge in [-0.25, -0.2) is 8.42 Å². The maximum Gasteiger partial charge on any atom is 0.243 e. The number of aryl methyl sites for hydroxylation is 1. The summed E-state index contributed by atoms with van der Waals surface area (Å²) in [6.45, 7) is 10.6. The van der Waals surface area contributed by atoms with Gasteiger partial charge in [-0.15, -0.1) is 0 Å². The van der Waals surface area contributed by atoms with Gasteiger partial charge < -0.3 is 10.1 Å². The van der Waals surface area contributed by atoms with E-state index in [1.807, 2.05) is 43.3 Å². The van der Waals surface area contributed by atoms with E-state index in [0.29, 0.717) is 5.69 Å². The lowest BCUT2D eigenvalue weighted by Gasteiger charge is -2.28. The Morgan fingerprint density at radius 2 is 1.65 bits per heavy atom. The fourth-order valence-corrected chi connectivity index (χ4v) is 4.40. The lowest BCUT2D eigenvalue weighted by molar-refractivity contribution is -0.121. The second kappa shape index (κ2) is 10.2. The first-order chi connectivity index (χ1) is 14.4. The Labute approximate surface area is 186 Å². The number of hydrogen-bond acceptors (Lipinski definition) is 4. The number of rotatable bonds is 9. The summed E-state index contributed by atoms with van der Waals surface area (Å²) in [6, 6.07) is 14.2. The van der Waals surface area contributed by atoms with Crippen molar-refractivity contribution < 1.29 is 17.9 Å². The van der Waals surface area contributed by atoms with Crippen molar-refractivity contribution in [3.05, 3.63) is 59.7 Å². The van der Waals surface area contributed by atoms with Crippen LogP contribution in [-0.2, 0) is 26.7 Å². The first-order valence-electron chi connectivity index (χ1n) is 10.5. The van der Waals surface area contributed by atoms with E-state index in [0.717, 1.165) is 28.3 Å². The zero-order valence-electron chi connectivity index (χ0n) is 19.3. The Hall–Kier alpha value is -2.54. The minimum Gasteiger partial charge on any atom is -0.492 e. The summed E-state index contributed by atoms with van der Waals surface area (Å²) in [4.78, 5) is 12.6. The zero-order chi connectivity index (χ0) is 23.2. The fraction of sp³-hybridized carbons (Fsp3) is 0.458. The molecule has 2 aromatic rings. The largest absolute Gasteiger partial charge is 0.492 e. The van der Waals surface area contributed by atoms with Crippen LogP contribution < -0.4 is 14.4 Å². The highest BCUT2D eigenvalue weighted by molar-refractivity contribution is 7.92. The molecule has 0 saturated carbocycles. The number of anilines is 1. The number of nitrogens with one attached hydrogen (secondary N) is 1. The minimum absolute atomic E-state index is 0.0744. The van der Waals surface area contributed by atoms with Crippen LogP contribution in [0.3, 0.4) is 0 Å². The quantitative estimate of drug-likeness (QED) is 0.593. The first kappa shape index (κ1) is 24.7. The molecule has 2 rings (SSSR count). The van der Waals surface area contributed by atoms with Crippen LogP contribution >= 0.6 is 0 Å². The smallest absolute Gasteiger partial charge is 0.243 e. The van der Waals surface area contributed by atoms with Crippen LogP contribution in [0.5, 0.6) is 5.75 Å². The predicted octanol–water partition coefficient (Wildman–Crippen LogP) is 3.90.